The maximum absolute atomic E-state index is 13.3. The van der Waals surface area contributed by atoms with Crippen LogP contribution in [0.2, 0.25) is 0 Å². The van der Waals surface area contributed by atoms with E-state index in [0.717, 1.165) is 19.6 Å². The fraction of sp³-hybridized carbons (Fsp3) is 0.308. The molecule has 0 unspecified atom stereocenters. The number of hydrogen-bond donors (Lipinski definition) is 0. The number of para-hydroxylation sites is 2. The molecule has 0 spiro atoms. The molecular weight excluding hydrogens is 402 g/mol. The Morgan fingerprint density at radius 3 is 2.62 bits per heavy atom. The van der Waals surface area contributed by atoms with Crippen LogP contribution in [0.1, 0.15) is 28.4 Å². The molecule has 6 heteroatoms. The van der Waals surface area contributed by atoms with Gasteiger partial charge in [-0.15, -0.1) is 0 Å². The maximum atomic E-state index is 13.3. The van der Waals surface area contributed by atoms with Crippen LogP contribution in [-0.2, 0) is 6.54 Å². The molecule has 1 aliphatic rings. The molecule has 1 aliphatic heterocycles. The fourth-order valence-corrected chi connectivity index (χ4v) is 3.85. The van der Waals surface area contributed by atoms with E-state index in [9.17, 15) is 4.79 Å². The first-order valence-electron chi connectivity index (χ1n) is 11.1. The van der Waals surface area contributed by atoms with Gasteiger partial charge in [0.05, 0.1) is 0 Å². The normalized spacial score (nSPS) is 15.3. The average Bonchev–Trinajstić information content (AvgIpc) is 2.81. The molecule has 0 aliphatic carbocycles. The maximum Gasteiger partial charge on any atom is 0.259 e. The van der Waals surface area contributed by atoms with Gasteiger partial charge >= 0.3 is 0 Å². The quantitative estimate of drug-likeness (QED) is 0.610. The monoisotopic (exact) mass is 431 g/mol. The van der Waals surface area contributed by atoms with E-state index in [2.05, 4.69) is 41.1 Å². The summed E-state index contributed by atoms with van der Waals surface area (Å²) in [5.74, 6) is 1.40. The smallest absolute Gasteiger partial charge is 0.259 e. The summed E-state index contributed by atoms with van der Waals surface area (Å²) in [4.78, 5) is 21.9. The Morgan fingerprint density at radius 2 is 1.81 bits per heavy atom. The Bertz CT molecular complexity index is 1070. The molecule has 1 amide bonds. The number of carbonyl (C=O) groups excluding carboxylic acids is 1. The topological polar surface area (TPSA) is 54.9 Å². The van der Waals surface area contributed by atoms with Crippen LogP contribution in [0.3, 0.4) is 0 Å². The van der Waals surface area contributed by atoms with E-state index in [1.807, 2.05) is 36.1 Å². The molecule has 6 nitrogen and oxygen atoms in total. The van der Waals surface area contributed by atoms with Crippen molar-refractivity contribution >= 4 is 5.91 Å². The van der Waals surface area contributed by atoms with Gasteiger partial charge in [-0.3, -0.25) is 9.69 Å². The van der Waals surface area contributed by atoms with Gasteiger partial charge in [-0.25, -0.2) is 4.98 Å². The van der Waals surface area contributed by atoms with Gasteiger partial charge in [0.2, 0.25) is 5.88 Å². The van der Waals surface area contributed by atoms with Crippen molar-refractivity contribution in [1.29, 1.82) is 0 Å². The fourth-order valence-electron chi connectivity index (χ4n) is 3.85. The number of benzene rings is 2. The summed E-state index contributed by atoms with van der Waals surface area (Å²) in [5, 5.41) is 0. The van der Waals surface area contributed by atoms with Crippen LogP contribution in [-0.4, -0.2) is 53.5 Å². The Kier molecular flexibility index (Phi) is 7.02. The van der Waals surface area contributed by atoms with Crippen LogP contribution < -0.4 is 9.47 Å². The molecule has 166 valence electrons. The molecule has 0 bridgehead atoms. The lowest BCUT2D eigenvalue weighted by molar-refractivity contribution is 0.0736. The average molecular weight is 432 g/mol. The predicted octanol–water partition coefficient (Wildman–Crippen LogP) is 4.54. The van der Waals surface area contributed by atoms with E-state index >= 15 is 0 Å². The molecule has 4 rings (SSSR count). The molecule has 0 saturated carbocycles. The van der Waals surface area contributed by atoms with E-state index in [1.165, 1.54) is 11.1 Å². The van der Waals surface area contributed by atoms with Crippen molar-refractivity contribution in [2.24, 2.45) is 0 Å². The minimum atomic E-state index is -0.0799. The number of carbonyl (C=O) groups is 1. The van der Waals surface area contributed by atoms with Crippen LogP contribution in [0, 0.1) is 6.92 Å². The number of hydrogen-bond acceptors (Lipinski definition) is 5. The van der Waals surface area contributed by atoms with Gasteiger partial charge in [0.1, 0.15) is 12.2 Å². The lowest BCUT2D eigenvalue weighted by Crippen LogP contribution is -2.39. The summed E-state index contributed by atoms with van der Waals surface area (Å²) in [7, 11) is 0. The Hall–Kier alpha value is -3.38. The largest absolute Gasteiger partial charge is 0.488 e. The van der Waals surface area contributed by atoms with Gasteiger partial charge in [-0.1, -0.05) is 42.0 Å². The molecule has 0 fully saturated rings. The summed E-state index contributed by atoms with van der Waals surface area (Å²) >= 11 is 0. The van der Waals surface area contributed by atoms with E-state index < -0.39 is 0 Å². The van der Waals surface area contributed by atoms with Crippen LogP contribution in [0.5, 0.6) is 17.4 Å². The highest BCUT2D eigenvalue weighted by Gasteiger charge is 2.22. The zero-order chi connectivity index (χ0) is 22.3. The van der Waals surface area contributed by atoms with Crippen molar-refractivity contribution in [1.82, 2.24) is 14.8 Å². The molecule has 0 saturated heterocycles. The molecule has 1 aromatic heterocycles. The summed E-state index contributed by atoms with van der Waals surface area (Å²) < 4.78 is 12.2. The van der Waals surface area contributed by atoms with Crippen LogP contribution in [0.15, 0.2) is 66.9 Å². The minimum absolute atomic E-state index is 0.0799. The molecule has 0 radical (unpaired) electrons. The number of amides is 1. The van der Waals surface area contributed by atoms with Gasteiger partial charge in [0.15, 0.2) is 11.5 Å². The van der Waals surface area contributed by atoms with E-state index in [4.69, 9.17) is 9.47 Å². The first-order chi connectivity index (χ1) is 15.6. The van der Waals surface area contributed by atoms with E-state index in [-0.39, 0.29) is 5.91 Å². The van der Waals surface area contributed by atoms with Crippen molar-refractivity contribution in [2.75, 3.05) is 32.8 Å². The third-order valence-electron chi connectivity index (χ3n) is 5.57. The number of aryl methyl sites for hydroxylation is 1. The SMILES string of the molecule is CCN1CCN(Cc2cccc(C)c2)CCOc2ccccc2Oc2ncccc2C1=O. The number of ether oxygens (including phenoxy) is 2. The van der Waals surface area contributed by atoms with E-state index in [0.29, 0.717) is 42.6 Å². The second-order valence-corrected chi connectivity index (χ2v) is 7.90. The van der Waals surface area contributed by atoms with Crippen molar-refractivity contribution in [2.45, 2.75) is 20.4 Å². The second kappa shape index (κ2) is 10.3. The molecule has 32 heavy (non-hydrogen) atoms. The van der Waals surface area contributed by atoms with Gasteiger partial charge in [0, 0.05) is 38.9 Å². The molecule has 3 aromatic rings. The molecule has 0 N–H and O–H groups in total. The highest BCUT2D eigenvalue weighted by Crippen LogP contribution is 2.32. The van der Waals surface area contributed by atoms with Crippen molar-refractivity contribution in [3.8, 4) is 17.4 Å². The zero-order valence-corrected chi connectivity index (χ0v) is 18.7. The highest BCUT2D eigenvalue weighted by molar-refractivity contribution is 5.96. The Morgan fingerprint density at radius 1 is 0.969 bits per heavy atom. The molecule has 0 atom stereocenters. The minimum Gasteiger partial charge on any atom is -0.488 e. The van der Waals surface area contributed by atoms with Crippen LogP contribution in [0.25, 0.3) is 0 Å². The van der Waals surface area contributed by atoms with Crippen LogP contribution >= 0.6 is 0 Å². The lowest BCUT2D eigenvalue weighted by Gasteiger charge is -2.27. The lowest BCUT2D eigenvalue weighted by atomic mass is 10.1. The summed E-state index contributed by atoms with van der Waals surface area (Å²) in [6, 6.07) is 19.6. The zero-order valence-electron chi connectivity index (χ0n) is 18.7. The number of rotatable bonds is 3. The molecule has 2 heterocycles. The van der Waals surface area contributed by atoms with Crippen molar-refractivity contribution in [3.63, 3.8) is 0 Å². The molecular formula is C26H29N3O3. The number of fused-ring (bicyclic) bond motifs is 2. The third-order valence-corrected chi connectivity index (χ3v) is 5.57. The van der Waals surface area contributed by atoms with Crippen LogP contribution in [0.4, 0.5) is 0 Å². The van der Waals surface area contributed by atoms with Gasteiger partial charge < -0.3 is 14.4 Å². The van der Waals surface area contributed by atoms with Gasteiger partial charge in [-0.2, -0.15) is 0 Å². The Balaban J connectivity index is 1.64. The van der Waals surface area contributed by atoms with Crippen molar-refractivity contribution < 1.29 is 14.3 Å². The summed E-state index contributed by atoms with van der Waals surface area (Å²) in [6.07, 6.45) is 1.63. The first kappa shape index (κ1) is 21.8. The van der Waals surface area contributed by atoms with Gasteiger partial charge in [0.25, 0.3) is 5.91 Å². The van der Waals surface area contributed by atoms with Crippen molar-refractivity contribution in [3.05, 3.63) is 83.6 Å². The number of aromatic nitrogens is 1. The van der Waals surface area contributed by atoms with E-state index in [1.54, 1.807) is 18.3 Å². The Labute approximate surface area is 189 Å². The number of likely N-dealkylation sites (N-methyl/N-ethyl adjacent to an activating group) is 1. The summed E-state index contributed by atoms with van der Waals surface area (Å²) in [5.41, 5.74) is 2.95. The summed E-state index contributed by atoms with van der Waals surface area (Å²) in [6.45, 7) is 8.12. The number of pyridine rings is 1. The first-order valence-corrected chi connectivity index (χ1v) is 11.1. The second-order valence-electron chi connectivity index (χ2n) is 7.90. The predicted molar refractivity (Wildman–Crippen MR) is 124 cm³/mol. The third kappa shape index (κ3) is 5.26. The molecule has 2 aromatic carbocycles. The number of nitrogens with zero attached hydrogens (tertiary/aromatic N) is 3. The standard InChI is InChI=1S/C26H29N3O3/c1-3-29-15-14-28(19-21-9-6-8-20(2)18-21)16-17-31-23-11-4-5-12-24(23)32-25-22(26(29)30)10-7-13-27-25/h4-13,18H,3,14-17,19H2,1-2H3. The van der Waals surface area contributed by atoms with Gasteiger partial charge in [-0.05, 0) is 43.7 Å². The highest BCUT2D eigenvalue weighted by atomic mass is 16.5.